The molecule has 1 atom stereocenters. The molecule has 0 radical (unpaired) electrons. The van der Waals surface area contributed by atoms with Gasteiger partial charge in [0.25, 0.3) is 0 Å². The van der Waals surface area contributed by atoms with Gasteiger partial charge in [-0.25, -0.2) is 18.4 Å². The van der Waals surface area contributed by atoms with Crippen LogP contribution in [-0.4, -0.2) is 46.7 Å². The van der Waals surface area contributed by atoms with Crippen LogP contribution in [0.15, 0.2) is 36.0 Å². The number of thiophene rings is 1. The van der Waals surface area contributed by atoms with Gasteiger partial charge in [-0.15, -0.1) is 11.3 Å². The highest BCUT2D eigenvalue weighted by Crippen LogP contribution is 2.38. The normalized spacial score (nSPS) is 17.6. The smallest absolute Gasteiger partial charge is 0.152 e. The van der Waals surface area contributed by atoms with Crippen LogP contribution in [0.5, 0.6) is 0 Å². The Balaban J connectivity index is 1.50. The number of hydrogen-bond acceptors (Lipinski definition) is 7. The van der Waals surface area contributed by atoms with Crippen molar-refractivity contribution in [2.75, 3.05) is 23.5 Å². The summed E-state index contributed by atoms with van der Waals surface area (Å²) in [6.45, 7) is 6.75. The molecule has 1 aliphatic rings. The standard InChI is InChI=1S/C24H27N5O2S2/c1-15-5-7-18(8-6-15)21-12-32-24-22(21)23(25-14-26-24)28(4)11-20-16(2)27-29(17(20)3)19-9-10-33(30,31)13-19/h5-8,12,14,19H,9-11,13H2,1-4H3. The van der Waals surface area contributed by atoms with Gasteiger partial charge in [0.1, 0.15) is 17.0 Å². The molecular formula is C24H27N5O2S2. The number of benzene rings is 1. The van der Waals surface area contributed by atoms with Crippen LogP contribution in [0.25, 0.3) is 21.3 Å². The highest BCUT2D eigenvalue weighted by Gasteiger charge is 2.31. The SMILES string of the molecule is Cc1ccc(-c2csc3ncnc(N(C)Cc4c(C)nn(C5CCS(=O)(=O)C5)c4C)c23)cc1. The van der Waals surface area contributed by atoms with Gasteiger partial charge in [-0.1, -0.05) is 29.8 Å². The summed E-state index contributed by atoms with van der Waals surface area (Å²) in [6.07, 6.45) is 2.25. The average molecular weight is 482 g/mol. The third-order valence-electron chi connectivity index (χ3n) is 6.50. The number of anilines is 1. The molecule has 1 aromatic carbocycles. The van der Waals surface area contributed by atoms with Crippen LogP contribution in [0.3, 0.4) is 0 Å². The Morgan fingerprint density at radius 2 is 1.91 bits per heavy atom. The molecule has 7 nitrogen and oxygen atoms in total. The topological polar surface area (TPSA) is 81.0 Å². The molecule has 1 aliphatic heterocycles. The lowest BCUT2D eigenvalue weighted by Crippen LogP contribution is -2.19. The van der Waals surface area contributed by atoms with Crippen molar-refractivity contribution in [1.82, 2.24) is 19.7 Å². The quantitative estimate of drug-likeness (QED) is 0.418. The Morgan fingerprint density at radius 3 is 2.61 bits per heavy atom. The summed E-state index contributed by atoms with van der Waals surface area (Å²) >= 11 is 1.63. The molecule has 1 fully saturated rings. The van der Waals surface area contributed by atoms with Crippen LogP contribution in [-0.2, 0) is 16.4 Å². The lowest BCUT2D eigenvalue weighted by molar-refractivity contribution is 0.485. The van der Waals surface area contributed by atoms with Crippen LogP contribution in [0.1, 0.15) is 35.0 Å². The van der Waals surface area contributed by atoms with E-state index in [-0.39, 0.29) is 17.5 Å². The van der Waals surface area contributed by atoms with Gasteiger partial charge < -0.3 is 4.90 Å². The van der Waals surface area contributed by atoms with E-state index in [2.05, 4.69) is 51.4 Å². The van der Waals surface area contributed by atoms with Gasteiger partial charge >= 0.3 is 0 Å². The molecular weight excluding hydrogens is 454 g/mol. The molecule has 4 aromatic rings. The van der Waals surface area contributed by atoms with Crippen molar-refractivity contribution >= 4 is 37.2 Å². The predicted octanol–water partition coefficient (Wildman–Crippen LogP) is 4.48. The number of aryl methyl sites for hydroxylation is 2. The van der Waals surface area contributed by atoms with E-state index in [1.807, 2.05) is 25.6 Å². The Bertz CT molecular complexity index is 1440. The second-order valence-corrected chi connectivity index (χ2v) is 12.0. The highest BCUT2D eigenvalue weighted by atomic mass is 32.2. The summed E-state index contributed by atoms with van der Waals surface area (Å²) in [5.74, 6) is 1.29. The van der Waals surface area contributed by atoms with E-state index < -0.39 is 9.84 Å². The zero-order valence-corrected chi connectivity index (χ0v) is 20.9. The lowest BCUT2D eigenvalue weighted by Gasteiger charge is -2.20. The molecule has 0 bridgehead atoms. The summed E-state index contributed by atoms with van der Waals surface area (Å²) in [6, 6.07) is 8.44. The molecule has 5 rings (SSSR count). The van der Waals surface area contributed by atoms with Crippen LogP contribution in [0, 0.1) is 20.8 Å². The molecule has 0 N–H and O–H groups in total. The van der Waals surface area contributed by atoms with Crippen molar-refractivity contribution in [1.29, 1.82) is 0 Å². The fourth-order valence-corrected chi connectivity index (χ4v) is 7.26. The van der Waals surface area contributed by atoms with E-state index in [4.69, 9.17) is 5.10 Å². The number of sulfone groups is 1. The number of nitrogens with zero attached hydrogens (tertiary/aromatic N) is 5. The first kappa shape index (κ1) is 22.0. The van der Waals surface area contributed by atoms with E-state index in [0.717, 1.165) is 44.1 Å². The first-order chi connectivity index (χ1) is 15.7. The highest BCUT2D eigenvalue weighted by molar-refractivity contribution is 7.91. The molecule has 0 spiro atoms. The minimum absolute atomic E-state index is 0.0801. The number of aromatic nitrogens is 4. The summed E-state index contributed by atoms with van der Waals surface area (Å²) in [5.41, 5.74) is 6.58. The predicted molar refractivity (Wildman–Crippen MR) is 134 cm³/mol. The molecule has 4 heterocycles. The van der Waals surface area contributed by atoms with Crippen LogP contribution < -0.4 is 4.90 Å². The maximum Gasteiger partial charge on any atom is 0.152 e. The van der Waals surface area contributed by atoms with Gasteiger partial charge in [-0.05, 0) is 32.8 Å². The fraction of sp³-hybridized carbons (Fsp3) is 0.375. The number of hydrogen-bond donors (Lipinski definition) is 0. The monoisotopic (exact) mass is 481 g/mol. The van der Waals surface area contributed by atoms with Gasteiger partial charge in [0.05, 0.1) is 28.6 Å². The van der Waals surface area contributed by atoms with Crippen LogP contribution in [0.4, 0.5) is 5.82 Å². The van der Waals surface area contributed by atoms with Gasteiger partial charge in [0, 0.05) is 35.8 Å². The molecule has 9 heteroatoms. The summed E-state index contributed by atoms with van der Waals surface area (Å²) in [5, 5.41) is 7.93. The van der Waals surface area contributed by atoms with E-state index in [0.29, 0.717) is 13.0 Å². The van der Waals surface area contributed by atoms with Crippen molar-refractivity contribution in [3.8, 4) is 11.1 Å². The minimum atomic E-state index is -2.97. The Morgan fingerprint density at radius 1 is 1.15 bits per heavy atom. The summed E-state index contributed by atoms with van der Waals surface area (Å²) in [7, 11) is -0.933. The number of rotatable bonds is 5. The van der Waals surface area contributed by atoms with Crippen molar-refractivity contribution in [2.24, 2.45) is 0 Å². The Kier molecular flexibility index (Phi) is 5.49. The van der Waals surface area contributed by atoms with Gasteiger partial charge in [0.15, 0.2) is 9.84 Å². The summed E-state index contributed by atoms with van der Waals surface area (Å²) in [4.78, 5) is 12.3. The van der Waals surface area contributed by atoms with Crippen molar-refractivity contribution in [3.63, 3.8) is 0 Å². The molecule has 33 heavy (non-hydrogen) atoms. The maximum atomic E-state index is 12.0. The largest absolute Gasteiger partial charge is 0.355 e. The third kappa shape index (κ3) is 4.04. The van der Waals surface area contributed by atoms with E-state index in [1.165, 1.54) is 5.56 Å². The van der Waals surface area contributed by atoms with Crippen molar-refractivity contribution in [2.45, 2.75) is 39.8 Å². The zero-order chi connectivity index (χ0) is 23.3. The molecule has 1 saturated heterocycles. The lowest BCUT2D eigenvalue weighted by atomic mass is 10.0. The second kappa shape index (κ2) is 8.22. The van der Waals surface area contributed by atoms with Gasteiger partial charge in [0.2, 0.25) is 0 Å². The van der Waals surface area contributed by atoms with Crippen molar-refractivity contribution < 1.29 is 8.42 Å². The van der Waals surface area contributed by atoms with Crippen LogP contribution in [0.2, 0.25) is 0 Å². The van der Waals surface area contributed by atoms with E-state index in [9.17, 15) is 8.42 Å². The molecule has 0 aliphatic carbocycles. The molecule has 172 valence electrons. The van der Waals surface area contributed by atoms with E-state index in [1.54, 1.807) is 17.7 Å². The molecule has 1 unspecified atom stereocenters. The number of fused-ring (bicyclic) bond motifs is 1. The maximum absolute atomic E-state index is 12.0. The van der Waals surface area contributed by atoms with Gasteiger partial charge in [-0.2, -0.15) is 5.10 Å². The van der Waals surface area contributed by atoms with Crippen molar-refractivity contribution in [3.05, 3.63) is 58.5 Å². The van der Waals surface area contributed by atoms with E-state index >= 15 is 0 Å². The minimum Gasteiger partial charge on any atom is -0.355 e. The van der Waals surface area contributed by atoms with Crippen LogP contribution >= 0.6 is 11.3 Å². The summed E-state index contributed by atoms with van der Waals surface area (Å²) < 4.78 is 25.9. The molecule has 0 amide bonds. The third-order valence-corrected chi connectivity index (χ3v) is 9.14. The molecule has 0 saturated carbocycles. The first-order valence-corrected chi connectivity index (χ1v) is 13.7. The molecule has 3 aromatic heterocycles. The van der Waals surface area contributed by atoms with Gasteiger partial charge in [-0.3, -0.25) is 4.68 Å². The Labute approximate surface area is 198 Å². The zero-order valence-electron chi connectivity index (χ0n) is 19.2. The Hall–Kier alpha value is -2.78. The fourth-order valence-electron chi connectivity index (χ4n) is 4.66. The first-order valence-electron chi connectivity index (χ1n) is 11.0. The second-order valence-electron chi connectivity index (χ2n) is 8.90. The average Bonchev–Trinajstić information content (AvgIpc) is 3.45.